The average Bonchev–Trinajstić information content (AvgIpc) is 3.16. The lowest BCUT2D eigenvalue weighted by Crippen LogP contribution is -2.18. The molecule has 0 saturated carbocycles. The van der Waals surface area contributed by atoms with E-state index in [-0.39, 0.29) is 0 Å². The number of halogens is 6. The summed E-state index contributed by atoms with van der Waals surface area (Å²) in [6.45, 7) is 0. The molecule has 5 aromatic carbocycles. The number of methoxy groups -OCH3 is 3. The summed E-state index contributed by atoms with van der Waals surface area (Å²) in [6.07, 6.45) is -9.68. The van der Waals surface area contributed by atoms with Gasteiger partial charge in [-0.3, -0.25) is 0 Å². The van der Waals surface area contributed by atoms with Crippen LogP contribution in [0.1, 0.15) is 11.1 Å². The first-order valence-electron chi connectivity index (χ1n) is 15.0. The Balaban J connectivity index is 0.000000363. The van der Waals surface area contributed by atoms with Crippen LogP contribution in [-0.2, 0) is 39.8 Å². The van der Waals surface area contributed by atoms with Crippen LogP contribution in [0.3, 0.4) is 0 Å². The van der Waals surface area contributed by atoms with E-state index in [0.717, 1.165) is 30.3 Å². The minimum atomic E-state index is -5.00. The maximum atomic E-state index is 13.9. The normalized spacial score (nSPS) is 12.6. The van der Waals surface area contributed by atoms with E-state index in [0.29, 0.717) is 44.1 Å². The number of rotatable bonds is 11. The third-order valence-corrected chi connectivity index (χ3v) is 14.3. The van der Waals surface area contributed by atoms with Crippen LogP contribution >= 0.6 is 23.2 Å². The standard InChI is InChI=1S/C28H25F3O6S2.C7H5F3O3S2/c1-34-20-8-14-23(15-9-20)38(24-16-10-21(35-2)11-17-24,25-18-12-22(36-3)13-19-25)37-39(32,33)27-7-5-4-6-26(27)28(29,30)31;8-7(9,10)5-3-1-2-4-6(5)15(11,12)13-14/h4-19H,1-3H3;1-4,14H. The summed E-state index contributed by atoms with van der Waals surface area (Å²) in [5, 5.41) is 0. The van der Waals surface area contributed by atoms with Crippen LogP contribution in [0.5, 0.6) is 17.2 Å². The van der Waals surface area contributed by atoms with Crippen LogP contribution in [-0.4, -0.2) is 38.2 Å². The lowest BCUT2D eigenvalue weighted by atomic mass is 10.2. The smallest absolute Gasteiger partial charge is 0.417 e. The van der Waals surface area contributed by atoms with Gasteiger partial charge in [0.2, 0.25) is 0 Å². The van der Waals surface area contributed by atoms with Crippen molar-refractivity contribution < 1.29 is 64.6 Å². The molecule has 0 aliphatic rings. The largest absolute Gasteiger partial charge is 0.497 e. The first-order chi connectivity index (χ1) is 25.3. The molecule has 5 rings (SSSR count). The highest BCUT2D eigenvalue weighted by molar-refractivity contribution is 8.33. The molecule has 9 nitrogen and oxygen atoms in total. The van der Waals surface area contributed by atoms with Gasteiger partial charge in [-0.25, -0.2) is 3.63 Å². The van der Waals surface area contributed by atoms with E-state index in [1.54, 1.807) is 72.8 Å². The number of thiol groups is 1. The second-order valence-corrected chi connectivity index (χ2v) is 17.0. The van der Waals surface area contributed by atoms with Crippen molar-refractivity contribution in [2.45, 2.75) is 36.8 Å². The summed E-state index contributed by atoms with van der Waals surface area (Å²) in [5.41, 5.74) is -2.60. The van der Waals surface area contributed by atoms with Gasteiger partial charge in [-0.15, -0.1) is 0 Å². The van der Waals surface area contributed by atoms with Gasteiger partial charge in [-0.1, -0.05) is 24.3 Å². The summed E-state index contributed by atoms with van der Waals surface area (Å²) >= 11 is 3.00. The van der Waals surface area contributed by atoms with E-state index >= 15 is 0 Å². The monoisotopic (exact) mass is 836 g/mol. The third kappa shape index (κ3) is 9.45. The van der Waals surface area contributed by atoms with E-state index < -0.39 is 63.8 Å². The fraction of sp³-hybridized carbons (Fsp3) is 0.143. The molecule has 0 fully saturated rings. The van der Waals surface area contributed by atoms with Gasteiger partial charge < -0.3 is 14.2 Å². The number of alkyl halides is 6. The molecule has 0 heterocycles. The fourth-order valence-electron chi connectivity index (χ4n) is 4.88. The number of benzene rings is 5. The Labute approximate surface area is 314 Å². The summed E-state index contributed by atoms with van der Waals surface area (Å²) in [7, 11) is -8.22. The van der Waals surface area contributed by atoms with Crippen molar-refractivity contribution in [2.24, 2.45) is 0 Å². The average molecular weight is 837 g/mol. The van der Waals surface area contributed by atoms with Gasteiger partial charge in [0.05, 0.1) is 32.5 Å². The van der Waals surface area contributed by atoms with Gasteiger partial charge in [0.15, 0.2) is 0 Å². The van der Waals surface area contributed by atoms with Crippen molar-refractivity contribution in [3.63, 3.8) is 0 Å². The van der Waals surface area contributed by atoms with Crippen LogP contribution in [0.4, 0.5) is 26.3 Å². The number of hydrogen-bond acceptors (Lipinski definition) is 10. The van der Waals surface area contributed by atoms with Crippen LogP contribution < -0.4 is 14.2 Å². The van der Waals surface area contributed by atoms with E-state index in [2.05, 4.69) is 16.5 Å². The summed E-state index contributed by atoms with van der Waals surface area (Å²) in [4.78, 5) is -0.706. The predicted octanol–water partition coefficient (Wildman–Crippen LogP) is 9.59. The summed E-state index contributed by atoms with van der Waals surface area (Å²) in [5.74, 6) is 1.50. The van der Waals surface area contributed by atoms with E-state index in [1.807, 2.05) is 0 Å². The van der Waals surface area contributed by atoms with Crippen molar-refractivity contribution in [3.8, 4) is 17.2 Å². The molecule has 0 radical (unpaired) electrons. The molecular formula is C35H30F6O9S4. The zero-order valence-electron chi connectivity index (χ0n) is 28.2. The van der Waals surface area contributed by atoms with Crippen LogP contribution in [0.25, 0.3) is 0 Å². The van der Waals surface area contributed by atoms with Crippen molar-refractivity contribution in [1.29, 1.82) is 0 Å². The maximum absolute atomic E-state index is 13.9. The zero-order chi connectivity index (χ0) is 40.0. The Hall–Kier alpha value is -4.40. The highest BCUT2D eigenvalue weighted by Gasteiger charge is 2.43. The van der Waals surface area contributed by atoms with Gasteiger partial charge in [-0.2, -0.15) is 46.8 Å². The lowest BCUT2D eigenvalue weighted by Gasteiger charge is -2.39. The summed E-state index contributed by atoms with van der Waals surface area (Å²) < 4.78 is 154. The molecule has 54 heavy (non-hydrogen) atoms. The van der Waals surface area contributed by atoms with Gasteiger partial charge >= 0.3 is 32.6 Å². The van der Waals surface area contributed by atoms with Gasteiger partial charge in [-0.05, 0) is 120 Å². The van der Waals surface area contributed by atoms with Gasteiger partial charge in [0.25, 0.3) is 0 Å². The third-order valence-electron chi connectivity index (χ3n) is 7.39. The second kappa shape index (κ2) is 17.0. The SMILES string of the molecule is COc1ccc(S(OS(=O)(=O)c2ccccc2C(F)(F)F)(c2ccc(OC)cc2)c2ccc(OC)cc2)cc1.O=S(=O)(OS)c1ccccc1C(F)(F)F. The molecule has 19 heteroatoms. The fourth-order valence-corrected chi connectivity index (χ4v) is 11.3. The molecule has 0 spiro atoms. The Morgan fingerprint density at radius 1 is 0.463 bits per heavy atom. The minimum absolute atomic E-state index is 0.409. The second-order valence-electron chi connectivity index (χ2n) is 10.6. The first kappa shape index (κ1) is 42.3. The topological polar surface area (TPSA) is 114 Å². The highest BCUT2D eigenvalue weighted by Crippen LogP contribution is 2.70. The molecular weight excluding hydrogens is 807 g/mol. The Morgan fingerprint density at radius 2 is 0.759 bits per heavy atom. The van der Waals surface area contributed by atoms with Crippen molar-refractivity contribution >= 4 is 43.5 Å². The van der Waals surface area contributed by atoms with Crippen molar-refractivity contribution in [1.82, 2.24) is 0 Å². The van der Waals surface area contributed by atoms with E-state index in [9.17, 15) is 43.2 Å². The van der Waals surface area contributed by atoms with E-state index in [4.69, 9.17) is 17.8 Å². The van der Waals surface area contributed by atoms with Crippen LogP contribution in [0.15, 0.2) is 146 Å². The Kier molecular flexibility index (Phi) is 13.3. The molecule has 0 aliphatic carbocycles. The predicted molar refractivity (Wildman–Crippen MR) is 190 cm³/mol. The highest BCUT2D eigenvalue weighted by atomic mass is 32.3. The maximum Gasteiger partial charge on any atom is 0.417 e. The molecule has 0 unspecified atom stereocenters. The van der Waals surface area contributed by atoms with Crippen LogP contribution in [0, 0.1) is 0 Å². The molecule has 5 aromatic rings. The number of ether oxygens (including phenoxy) is 3. The molecule has 0 aliphatic heterocycles. The van der Waals surface area contributed by atoms with Crippen molar-refractivity contribution in [2.75, 3.05) is 21.3 Å². The molecule has 0 N–H and O–H groups in total. The lowest BCUT2D eigenvalue weighted by molar-refractivity contribution is -0.140. The van der Waals surface area contributed by atoms with Gasteiger partial charge in [0.1, 0.15) is 27.0 Å². The quantitative estimate of drug-likeness (QED) is 0.0790. The molecule has 0 bridgehead atoms. The van der Waals surface area contributed by atoms with Crippen LogP contribution in [0.2, 0.25) is 0 Å². The number of hydrogen-bond donors (Lipinski definition) is 1. The molecule has 0 amide bonds. The van der Waals surface area contributed by atoms with Crippen molar-refractivity contribution in [3.05, 3.63) is 132 Å². The zero-order valence-corrected chi connectivity index (χ0v) is 31.5. The molecule has 290 valence electrons. The summed E-state index contributed by atoms with van der Waals surface area (Å²) in [6, 6.07) is 27.2. The van der Waals surface area contributed by atoms with E-state index in [1.165, 1.54) is 27.4 Å². The molecule has 0 aromatic heterocycles. The molecule has 0 saturated heterocycles. The van der Waals surface area contributed by atoms with Gasteiger partial charge in [0, 0.05) is 14.7 Å². The Morgan fingerprint density at radius 3 is 1.04 bits per heavy atom. The first-order valence-corrected chi connectivity index (χ1v) is 19.7. The minimum Gasteiger partial charge on any atom is -0.497 e. The Bertz CT molecular complexity index is 2130. The molecule has 0 atom stereocenters.